The van der Waals surface area contributed by atoms with Gasteiger partial charge in [-0.25, -0.2) is 0 Å². The zero-order chi connectivity index (χ0) is 16.0. The SMILES string of the molecule is CC(C)(CNC(=O)COc1ccccc1O)N1CCOCC1. The van der Waals surface area contributed by atoms with Crippen molar-refractivity contribution < 1.29 is 19.4 Å². The van der Waals surface area contributed by atoms with Gasteiger partial charge in [0.2, 0.25) is 0 Å². The standard InChI is InChI=1S/C16H24N2O4/c1-16(2,18-7-9-21-10-8-18)12-17-15(20)11-22-14-6-4-3-5-13(14)19/h3-6,19H,7-12H2,1-2H3,(H,17,20). The monoisotopic (exact) mass is 308 g/mol. The van der Waals surface area contributed by atoms with Crippen LogP contribution in [0.2, 0.25) is 0 Å². The Kier molecular flexibility index (Phi) is 5.63. The highest BCUT2D eigenvalue weighted by atomic mass is 16.5. The summed E-state index contributed by atoms with van der Waals surface area (Å²) in [7, 11) is 0. The Bertz CT molecular complexity index is 499. The number of carbonyl (C=O) groups is 1. The molecule has 1 aromatic carbocycles. The molecule has 1 heterocycles. The Morgan fingerprint density at radius 1 is 1.36 bits per heavy atom. The summed E-state index contributed by atoms with van der Waals surface area (Å²) in [6.45, 7) is 7.83. The molecule has 0 aliphatic carbocycles. The highest BCUT2D eigenvalue weighted by Gasteiger charge is 2.28. The number of phenols is 1. The smallest absolute Gasteiger partial charge is 0.258 e. The number of rotatable bonds is 6. The quantitative estimate of drug-likeness (QED) is 0.820. The third kappa shape index (κ3) is 4.61. The number of amides is 1. The summed E-state index contributed by atoms with van der Waals surface area (Å²) in [4.78, 5) is 14.2. The van der Waals surface area contributed by atoms with Gasteiger partial charge in [-0.3, -0.25) is 9.69 Å². The second-order valence-corrected chi connectivity index (χ2v) is 5.94. The predicted molar refractivity (Wildman–Crippen MR) is 83.1 cm³/mol. The molecule has 6 heteroatoms. The van der Waals surface area contributed by atoms with Gasteiger partial charge in [-0.1, -0.05) is 12.1 Å². The molecule has 1 fully saturated rings. The van der Waals surface area contributed by atoms with Crippen molar-refractivity contribution in [2.24, 2.45) is 0 Å². The molecule has 22 heavy (non-hydrogen) atoms. The van der Waals surface area contributed by atoms with Crippen LogP contribution >= 0.6 is 0 Å². The van der Waals surface area contributed by atoms with Crippen molar-refractivity contribution in [2.45, 2.75) is 19.4 Å². The van der Waals surface area contributed by atoms with Crippen LogP contribution in [-0.2, 0) is 9.53 Å². The van der Waals surface area contributed by atoms with Gasteiger partial charge in [0.05, 0.1) is 13.2 Å². The number of morpholine rings is 1. The summed E-state index contributed by atoms with van der Waals surface area (Å²) in [5.74, 6) is 0.138. The molecule has 6 nitrogen and oxygen atoms in total. The van der Waals surface area contributed by atoms with Crippen LogP contribution in [0, 0.1) is 0 Å². The zero-order valence-electron chi connectivity index (χ0n) is 13.2. The maximum Gasteiger partial charge on any atom is 0.258 e. The first-order valence-corrected chi connectivity index (χ1v) is 7.49. The van der Waals surface area contributed by atoms with Crippen LogP contribution in [0.1, 0.15) is 13.8 Å². The van der Waals surface area contributed by atoms with Gasteiger partial charge in [0.25, 0.3) is 5.91 Å². The minimum Gasteiger partial charge on any atom is -0.504 e. The van der Waals surface area contributed by atoms with E-state index in [4.69, 9.17) is 9.47 Å². The highest BCUT2D eigenvalue weighted by molar-refractivity contribution is 5.77. The summed E-state index contributed by atoms with van der Waals surface area (Å²) in [6, 6.07) is 6.59. The summed E-state index contributed by atoms with van der Waals surface area (Å²) in [5.41, 5.74) is -0.131. The maximum atomic E-state index is 11.9. The number of nitrogens with zero attached hydrogens (tertiary/aromatic N) is 1. The van der Waals surface area contributed by atoms with Gasteiger partial charge in [0.15, 0.2) is 18.1 Å². The molecule has 0 radical (unpaired) electrons. The molecular formula is C16H24N2O4. The number of para-hydroxylation sites is 2. The lowest BCUT2D eigenvalue weighted by atomic mass is 10.0. The van der Waals surface area contributed by atoms with Gasteiger partial charge in [-0.15, -0.1) is 0 Å². The van der Waals surface area contributed by atoms with Crippen molar-refractivity contribution in [2.75, 3.05) is 39.5 Å². The molecule has 2 rings (SSSR count). The van der Waals surface area contributed by atoms with Crippen molar-refractivity contribution in [3.8, 4) is 11.5 Å². The number of phenolic OH excluding ortho intramolecular Hbond substituents is 1. The third-order valence-corrected chi connectivity index (χ3v) is 3.81. The summed E-state index contributed by atoms with van der Waals surface area (Å²) in [6.07, 6.45) is 0. The number of ether oxygens (including phenoxy) is 2. The van der Waals surface area contributed by atoms with Gasteiger partial charge in [-0.05, 0) is 26.0 Å². The predicted octanol–water partition coefficient (Wildman–Crippen LogP) is 0.998. The van der Waals surface area contributed by atoms with Crippen LogP contribution in [-0.4, -0.2) is 60.9 Å². The fourth-order valence-corrected chi connectivity index (χ4v) is 2.37. The molecule has 0 atom stereocenters. The van der Waals surface area contributed by atoms with Gasteiger partial charge in [-0.2, -0.15) is 0 Å². The van der Waals surface area contributed by atoms with Crippen molar-refractivity contribution in [1.29, 1.82) is 0 Å². The fraction of sp³-hybridized carbons (Fsp3) is 0.562. The summed E-state index contributed by atoms with van der Waals surface area (Å²) < 4.78 is 10.7. The van der Waals surface area contributed by atoms with E-state index < -0.39 is 0 Å². The van der Waals surface area contributed by atoms with Crippen molar-refractivity contribution in [3.05, 3.63) is 24.3 Å². The number of aromatic hydroxyl groups is 1. The molecule has 1 aromatic rings. The second-order valence-electron chi connectivity index (χ2n) is 5.94. The molecule has 122 valence electrons. The van der Waals surface area contributed by atoms with E-state index in [2.05, 4.69) is 24.1 Å². The lowest BCUT2D eigenvalue weighted by Gasteiger charge is -2.40. The highest BCUT2D eigenvalue weighted by Crippen LogP contribution is 2.24. The molecule has 0 unspecified atom stereocenters. The molecule has 0 spiro atoms. The molecule has 1 aliphatic rings. The first kappa shape index (κ1) is 16.6. The summed E-state index contributed by atoms with van der Waals surface area (Å²) in [5, 5.41) is 12.5. The molecule has 0 saturated carbocycles. The van der Waals surface area contributed by atoms with E-state index in [1.165, 1.54) is 6.07 Å². The molecular weight excluding hydrogens is 284 g/mol. The van der Waals surface area contributed by atoms with E-state index in [0.29, 0.717) is 12.3 Å². The lowest BCUT2D eigenvalue weighted by molar-refractivity contribution is -0.123. The third-order valence-electron chi connectivity index (χ3n) is 3.81. The van der Waals surface area contributed by atoms with Gasteiger partial charge < -0.3 is 19.9 Å². The maximum absolute atomic E-state index is 11.9. The van der Waals surface area contributed by atoms with Gasteiger partial charge in [0.1, 0.15) is 0 Å². The van der Waals surface area contributed by atoms with E-state index in [-0.39, 0.29) is 23.8 Å². The van der Waals surface area contributed by atoms with Crippen LogP contribution in [0.5, 0.6) is 11.5 Å². The van der Waals surface area contributed by atoms with Crippen LogP contribution in [0.15, 0.2) is 24.3 Å². The normalized spacial score (nSPS) is 16.3. The van der Waals surface area contributed by atoms with E-state index in [1.807, 2.05) is 0 Å². The van der Waals surface area contributed by atoms with Crippen molar-refractivity contribution in [3.63, 3.8) is 0 Å². The Morgan fingerprint density at radius 2 is 2.05 bits per heavy atom. The Labute approximate surface area is 131 Å². The first-order chi connectivity index (χ1) is 10.5. The average Bonchev–Trinajstić information content (AvgIpc) is 2.53. The van der Waals surface area contributed by atoms with Crippen molar-refractivity contribution in [1.82, 2.24) is 10.2 Å². The van der Waals surface area contributed by atoms with Crippen LogP contribution < -0.4 is 10.1 Å². The Morgan fingerprint density at radius 3 is 2.73 bits per heavy atom. The Hall–Kier alpha value is -1.79. The number of hydrogen-bond acceptors (Lipinski definition) is 5. The zero-order valence-corrected chi connectivity index (χ0v) is 13.2. The van der Waals surface area contributed by atoms with E-state index in [1.54, 1.807) is 18.2 Å². The molecule has 1 saturated heterocycles. The lowest BCUT2D eigenvalue weighted by Crippen LogP contribution is -2.55. The number of nitrogens with one attached hydrogen (secondary N) is 1. The number of carbonyl (C=O) groups excluding carboxylic acids is 1. The minimum absolute atomic E-state index is 0.0314. The van der Waals surface area contributed by atoms with E-state index in [0.717, 1.165) is 26.3 Å². The molecule has 0 bridgehead atoms. The minimum atomic E-state index is -0.204. The number of benzene rings is 1. The molecule has 0 aromatic heterocycles. The van der Waals surface area contributed by atoms with Crippen LogP contribution in [0.3, 0.4) is 0 Å². The van der Waals surface area contributed by atoms with Crippen molar-refractivity contribution >= 4 is 5.91 Å². The topological polar surface area (TPSA) is 71.0 Å². The molecule has 1 aliphatic heterocycles. The summed E-state index contributed by atoms with van der Waals surface area (Å²) >= 11 is 0. The van der Waals surface area contributed by atoms with Crippen LogP contribution in [0.4, 0.5) is 0 Å². The van der Waals surface area contributed by atoms with Gasteiger partial charge in [0, 0.05) is 25.2 Å². The first-order valence-electron chi connectivity index (χ1n) is 7.49. The second kappa shape index (κ2) is 7.47. The van der Waals surface area contributed by atoms with E-state index in [9.17, 15) is 9.90 Å². The number of hydrogen-bond donors (Lipinski definition) is 2. The molecule has 1 amide bonds. The van der Waals surface area contributed by atoms with Gasteiger partial charge >= 0.3 is 0 Å². The van der Waals surface area contributed by atoms with E-state index >= 15 is 0 Å². The largest absolute Gasteiger partial charge is 0.504 e. The fourth-order valence-electron chi connectivity index (χ4n) is 2.37. The average molecular weight is 308 g/mol. The molecule has 2 N–H and O–H groups in total. The van der Waals surface area contributed by atoms with Crippen LogP contribution in [0.25, 0.3) is 0 Å². The Balaban J connectivity index is 1.76.